The zero-order valence-electron chi connectivity index (χ0n) is 11.1. The average Bonchev–Trinajstić information content (AvgIpc) is 3.22. The van der Waals surface area contributed by atoms with E-state index in [-0.39, 0.29) is 28.2 Å². The summed E-state index contributed by atoms with van der Waals surface area (Å²) in [5.41, 5.74) is 5.71. The number of rotatable bonds is 4. The first-order valence-electron chi connectivity index (χ1n) is 6.68. The Morgan fingerprint density at radius 2 is 2.14 bits per heavy atom. The number of nitrogens with one attached hydrogen (secondary N) is 2. The number of fused-ring (bicyclic) bond motifs is 1. The Kier molecular flexibility index (Phi) is 3.59. The number of aromatic amines is 1. The summed E-state index contributed by atoms with van der Waals surface area (Å²) >= 11 is 5.59. The van der Waals surface area contributed by atoms with Crippen molar-refractivity contribution in [3.8, 4) is 0 Å². The van der Waals surface area contributed by atoms with Gasteiger partial charge in [0.25, 0.3) is 5.91 Å². The van der Waals surface area contributed by atoms with E-state index in [1.54, 1.807) is 0 Å². The van der Waals surface area contributed by atoms with Crippen LogP contribution in [0.1, 0.15) is 23.3 Å². The topological polar surface area (TPSA) is 70.9 Å². The van der Waals surface area contributed by atoms with Gasteiger partial charge >= 0.3 is 0 Å². The van der Waals surface area contributed by atoms with Crippen molar-refractivity contribution in [2.45, 2.75) is 18.9 Å². The molecule has 4 nitrogen and oxygen atoms in total. The van der Waals surface area contributed by atoms with Gasteiger partial charge in [0.2, 0.25) is 0 Å². The van der Waals surface area contributed by atoms with Crippen molar-refractivity contribution in [2.24, 2.45) is 11.7 Å². The summed E-state index contributed by atoms with van der Waals surface area (Å²) in [6.45, 7) is 0.353. The lowest BCUT2D eigenvalue weighted by Crippen LogP contribution is -2.41. The van der Waals surface area contributed by atoms with E-state index in [1.807, 2.05) is 0 Å². The smallest absolute Gasteiger partial charge is 0.268 e. The largest absolute Gasteiger partial charge is 0.348 e. The van der Waals surface area contributed by atoms with Gasteiger partial charge in [-0.25, -0.2) is 8.78 Å². The second-order valence-corrected chi connectivity index (χ2v) is 5.69. The lowest BCUT2D eigenvalue weighted by atomic mass is 10.2. The molecule has 7 heteroatoms. The molecule has 2 aromatic rings. The van der Waals surface area contributed by atoms with Crippen LogP contribution < -0.4 is 11.1 Å². The number of hydrogen-bond acceptors (Lipinski definition) is 2. The monoisotopic (exact) mass is 313 g/mol. The molecule has 1 saturated carbocycles. The second kappa shape index (κ2) is 5.27. The van der Waals surface area contributed by atoms with E-state index < -0.39 is 11.6 Å². The van der Waals surface area contributed by atoms with Gasteiger partial charge < -0.3 is 16.0 Å². The third-order valence-electron chi connectivity index (χ3n) is 3.76. The summed E-state index contributed by atoms with van der Waals surface area (Å²) in [5, 5.41) is 2.84. The molecule has 0 bridgehead atoms. The summed E-state index contributed by atoms with van der Waals surface area (Å²) in [7, 11) is 0. The molecule has 1 unspecified atom stereocenters. The van der Waals surface area contributed by atoms with Gasteiger partial charge in [-0.05, 0) is 30.9 Å². The van der Waals surface area contributed by atoms with Gasteiger partial charge in [0.15, 0.2) is 11.6 Å². The fourth-order valence-corrected chi connectivity index (χ4v) is 2.62. The van der Waals surface area contributed by atoms with E-state index in [9.17, 15) is 13.6 Å². The summed E-state index contributed by atoms with van der Waals surface area (Å²) < 4.78 is 27.2. The standard InChI is InChI=1S/C14H14ClF2N3O/c15-8-3-7-4-9(19-13(7)12(17)11(8)16)14(21)20-10(5-18)6-1-2-6/h3-4,6,10,19H,1-2,5,18H2,(H,20,21). The number of H-pyrrole nitrogens is 1. The first-order valence-corrected chi connectivity index (χ1v) is 7.06. The molecule has 1 aliphatic carbocycles. The van der Waals surface area contributed by atoms with Crippen LogP contribution in [0.3, 0.4) is 0 Å². The molecule has 1 amide bonds. The number of nitrogens with two attached hydrogens (primary N) is 1. The highest BCUT2D eigenvalue weighted by molar-refractivity contribution is 6.31. The van der Waals surface area contributed by atoms with Crippen molar-refractivity contribution in [2.75, 3.05) is 6.54 Å². The highest BCUT2D eigenvalue weighted by atomic mass is 35.5. The third kappa shape index (κ3) is 2.61. The van der Waals surface area contributed by atoms with E-state index in [2.05, 4.69) is 10.3 Å². The van der Waals surface area contributed by atoms with Crippen LogP contribution in [0, 0.1) is 17.6 Å². The Balaban J connectivity index is 1.90. The Bertz CT molecular complexity index is 712. The van der Waals surface area contributed by atoms with Crippen LogP contribution in [0.5, 0.6) is 0 Å². The molecule has 0 spiro atoms. The maximum atomic E-state index is 13.8. The van der Waals surface area contributed by atoms with E-state index >= 15 is 0 Å². The molecule has 1 fully saturated rings. The van der Waals surface area contributed by atoms with Gasteiger partial charge in [-0.15, -0.1) is 0 Å². The van der Waals surface area contributed by atoms with Gasteiger partial charge in [-0.2, -0.15) is 0 Å². The summed E-state index contributed by atoms with van der Waals surface area (Å²) in [5.74, 6) is -2.19. The molecule has 4 N–H and O–H groups in total. The molecule has 1 aromatic heterocycles. The zero-order chi connectivity index (χ0) is 15.1. The highest BCUT2D eigenvalue weighted by Crippen LogP contribution is 2.32. The fraction of sp³-hybridized carbons (Fsp3) is 0.357. The minimum absolute atomic E-state index is 0.0715. The Morgan fingerprint density at radius 3 is 2.76 bits per heavy atom. The molecule has 1 atom stereocenters. The maximum Gasteiger partial charge on any atom is 0.268 e. The van der Waals surface area contributed by atoms with Crippen LogP contribution >= 0.6 is 11.6 Å². The SMILES string of the molecule is NCC(NC(=O)c1cc2cc(Cl)c(F)c(F)c2[nH]1)C1CC1. The maximum absolute atomic E-state index is 13.8. The van der Waals surface area contributed by atoms with Crippen LogP contribution in [0.4, 0.5) is 8.78 Å². The lowest BCUT2D eigenvalue weighted by Gasteiger charge is -2.15. The molecule has 21 heavy (non-hydrogen) atoms. The normalized spacial score (nSPS) is 16.2. The number of carbonyl (C=O) groups is 1. The van der Waals surface area contributed by atoms with Crippen molar-refractivity contribution < 1.29 is 13.6 Å². The van der Waals surface area contributed by atoms with Gasteiger partial charge in [0.05, 0.1) is 10.5 Å². The molecule has 0 radical (unpaired) electrons. The van der Waals surface area contributed by atoms with Gasteiger partial charge in [0.1, 0.15) is 5.69 Å². The van der Waals surface area contributed by atoms with E-state index in [1.165, 1.54) is 12.1 Å². The predicted molar refractivity (Wildman–Crippen MR) is 76.3 cm³/mol. The first kappa shape index (κ1) is 14.3. The number of aromatic nitrogens is 1. The molecular formula is C14H14ClF2N3O. The summed E-state index contributed by atoms with van der Waals surface area (Å²) in [6, 6.07) is 2.64. The number of carbonyl (C=O) groups excluding carboxylic acids is 1. The molecule has 1 aromatic carbocycles. The number of halogens is 3. The highest BCUT2D eigenvalue weighted by Gasteiger charge is 2.31. The molecule has 3 rings (SSSR count). The number of amides is 1. The van der Waals surface area contributed by atoms with Crippen LogP contribution in [0.15, 0.2) is 12.1 Å². The van der Waals surface area contributed by atoms with Crippen LogP contribution in [-0.4, -0.2) is 23.5 Å². The lowest BCUT2D eigenvalue weighted by molar-refractivity contribution is 0.0929. The van der Waals surface area contributed by atoms with Gasteiger partial charge in [-0.3, -0.25) is 4.79 Å². The minimum Gasteiger partial charge on any atom is -0.348 e. The zero-order valence-corrected chi connectivity index (χ0v) is 11.8. The summed E-state index contributed by atoms with van der Waals surface area (Å²) in [4.78, 5) is 14.7. The minimum atomic E-state index is -1.13. The Hall–Kier alpha value is -1.66. The molecule has 1 heterocycles. The van der Waals surface area contributed by atoms with Gasteiger partial charge in [-0.1, -0.05) is 11.6 Å². The average molecular weight is 314 g/mol. The molecule has 0 saturated heterocycles. The van der Waals surface area contributed by atoms with Gasteiger partial charge in [0, 0.05) is 18.0 Å². The third-order valence-corrected chi connectivity index (χ3v) is 4.03. The van der Waals surface area contributed by atoms with Crippen LogP contribution in [0.2, 0.25) is 5.02 Å². The molecule has 1 aliphatic rings. The molecule has 112 valence electrons. The fourth-order valence-electron chi connectivity index (χ4n) is 2.42. The molecular weight excluding hydrogens is 300 g/mol. The second-order valence-electron chi connectivity index (χ2n) is 5.29. The number of hydrogen-bond donors (Lipinski definition) is 3. The van der Waals surface area contributed by atoms with Crippen molar-refractivity contribution >= 4 is 28.4 Å². The van der Waals surface area contributed by atoms with E-state index in [4.69, 9.17) is 17.3 Å². The quantitative estimate of drug-likeness (QED) is 0.759. The number of benzene rings is 1. The first-order chi connectivity index (χ1) is 10.0. The van der Waals surface area contributed by atoms with Crippen LogP contribution in [0.25, 0.3) is 10.9 Å². The van der Waals surface area contributed by atoms with E-state index in [0.717, 1.165) is 12.8 Å². The Labute approximate surface area is 124 Å². The van der Waals surface area contributed by atoms with E-state index in [0.29, 0.717) is 17.8 Å². The molecule has 0 aliphatic heterocycles. The Morgan fingerprint density at radius 1 is 1.43 bits per heavy atom. The van der Waals surface area contributed by atoms with Crippen molar-refractivity contribution in [3.63, 3.8) is 0 Å². The van der Waals surface area contributed by atoms with Crippen molar-refractivity contribution in [1.82, 2.24) is 10.3 Å². The summed E-state index contributed by atoms with van der Waals surface area (Å²) in [6.07, 6.45) is 2.09. The van der Waals surface area contributed by atoms with Crippen LogP contribution in [-0.2, 0) is 0 Å². The van der Waals surface area contributed by atoms with Crippen molar-refractivity contribution in [1.29, 1.82) is 0 Å². The van der Waals surface area contributed by atoms with Crippen molar-refractivity contribution in [3.05, 3.63) is 34.5 Å². The predicted octanol–water partition coefficient (Wildman–Crippen LogP) is 2.57.